The summed E-state index contributed by atoms with van der Waals surface area (Å²) in [5, 5.41) is 6.84. The minimum absolute atomic E-state index is 0.794. The second kappa shape index (κ2) is 9.85. The maximum absolute atomic E-state index is 4.81. The van der Waals surface area contributed by atoms with Crippen molar-refractivity contribution >= 4 is 11.5 Å². The Morgan fingerprint density at radius 1 is 0.964 bits per heavy atom. The van der Waals surface area contributed by atoms with E-state index in [1.807, 2.05) is 0 Å². The number of nitrogens with one attached hydrogen (secondary N) is 2. The molecule has 0 bridgehead atoms. The number of likely N-dealkylation sites (N-methyl/N-ethyl adjacent to an activating group) is 1. The Hall–Kier alpha value is -2.18. The van der Waals surface area contributed by atoms with Gasteiger partial charge in [0.15, 0.2) is 5.82 Å². The van der Waals surface area contributed by atoms with Crippen molar-refractivity contribution in [2.24, 2.45) is 0 Å². The standard InChI is InChI=1S/C22H34N6/c1-5-23-11-6-12-24-21-17(2)18(3)25-22(26-21)19-7-9-20(10-8-19)28-15-13-27(4)14-16-28/h7-10,23H,5-6,11-16H2,1-4H3,(H,24,25,26). The van der Waals surface area contributed by atoms with E-state index >= 15 is 0 Å². The average molecular weight is 383 g/mol. The van der Waals surface area contributed by atoms with E-state index < -0.39 is 0 Å². The van der Waals surface area contributed by atoms with Gasteiger partial charge in [-0.25, -0.2) is 9.97 Å². The lowest BCUT2D eigenvalue weighted by atomic mass is 10.1. The van der Waals surface area contributed by atoms with Gasteiger partial charge >= 0.3 is 0 Å². The van der Waals surface area contributed by atoms with Gasteiger partial charge in [0.2, 0.25) is 0 Å². The molecule has 0 radical (unpaired) electrons. The van der Waals surface area contributed by atoms with Crippen LogP contribution in [-0.4, -0.2) is 67.7 Å². The third-order valence-corrected chi connectivity index (χ3v) is 5.46. The predicted molar refractivity (Wildman–Crippen MR) is 118 cm³/mol. The Morgan fingerprint density at radius 2 is 1.68 bits per heavy atom. The van der Waals surface area contributed by atoms with Crippen LogP contribution in [0.1, 0.15) is 24.6 Å². The van der Waals surface area contributed by atoms with Crippen LogP contribution >= 0.6 is 0 Å². The van der Waals surface area contributed by atoms with Crippen LogP contribution in [0.5, 0.6) is 0 Å². The van der Waals surface area contributed by atoms with Gasteiger partial charge in [-0.1, -0.05) is 6.92 Å². The van der Waals surface area contributed by atoms with Crippen molar-refractivity contribution in [3.8, 4) is 11.4 Å². The normalized spacial score (nSPS) is 15.1. The summed E-state index contributed by atoms with van der Waals surface area (Å²) >= 11 is 0. The molecule has 2 aromatic rings. The number of hydrogen-bond donors (Lipinski definition) is 2. The fraction of sp³-hybridized carbons (Fsp3) is 0.545. The molecule has 2 N–H and O–H groups in total. The zero-order valence-electron chi connectivity index (χ0n) is 17.8. The Morgan fingerprint density at radius 3 is 2.36 bits per heavy atom. The summed E-state index contributed by atoms with van der Waals surface area (Å²) in [6.45, 7) is 13.6. The molecule has 152 valence electrons. The molecule has 1 saturated heterocycles. The number of aromatic nitrogens is 2. The monoisotopic (exact) mass is 382 g/mol. The van der Waals surface area contributed by atoms with Gasteiger partial charge in [-0.3, -0.25) is 0 Å². The van der Waals surface area contributed by atoms with Crippen LogP contribution < -0.4 is 15.5 Å². The summed E-state index contributed by atoms with van der Waals surface area (Å²) in [5.41, 5.74) is 4.50. The lowest BCUT2D eigenvalue weighted by Crippen LogP contribution is -2.44. The molecular formula is C22H34N6. The highest BCUT2D eigenvalue weighted by Gasteiger charge is 2.15. The van der Waals surface area contributed by atoms with Crippen molar-refractivity contribution in [2.75, 3.05) is 63.1 Å². The van der Waals surface area contributed by atoms with Crippen LogP contribution in [0.2, 0.25) is 0 Å². The van der Waals surface area contributed by atoms with Gasteiger partial charge in [-0.15, -0.1) is 0 Å². The third kappa shape index (κ3) is 5.20. The number of rotatable bonds is 8. The molecule has 0 saturated carbocycles. The van der Waals surface area contributed by atoms with Gasteiger partial charge < -0.3 is 20.4 Å². The average Bonchev–Trinajstić information content (AvgIpc) is 2.71. The summed E-state index contributed by atoms with van der Waals surface area (Å²) < 4.78 is 0. The zero-order valence-corrected chi connectivity index (χ0v) is 17.8. The summed E-state index contributed by atoms with van der Waals surface area (Å²) in [7, 11) is 2.18. The second-order valence-electron chi connectivity index (χ2n) is 7.58. The number of anilines is 2. The fourth-order valence-corrected chi connectivity index (χ4v) is 3.41. The van der Waals surface area contributed by atoms with Crippen LogP contribution in [0.3, 0.4) is 0 Å². The van der Waals surface area contributed by atoms with Gasteiger partial charge in [0.25, 0.3) is 0 Å². The topological polar surface area (TPSA) is 56.3 Å². The van der Waals surface area contributed by atoms with Gasteiger partial charge in [-0.05, 0) is 64.7 Å². The highest BCUT2D eigenvalue weighted by Crippen LogP contribution is 2.24. The zero-order chi connectivity index (χ0) is 19.9. The third-order valence-electron chi connectivity index (χ3n) is 5.46. The first-order chi connectivity index (χ1) is 13.6. The SMILES string of the molecule is CCNCCCNc1nc(-c2ccc(N3CCN(C)CC3)cc2)nc(C)c1C. The lowest BCUT2D eigenvalue weighted by Gasteiger charge is -2.34. The van der Waals surface area contributed by atoms with Crippen molar-refractivity contribution in [3.63, 3.8) is 0 Å². The number of aryl methyl sites for hydroxylation is 1. The molecule has 0 atom stereocenters. The molecule has 0 unspecified atom stereocenters. The molecule has 1 aliphatic heterocycles. The number of hydrogen-bond acceptors (Lipinski definition) is 6. The first kappa shape index (κ1) is 20.6. The van der Waals surface area contributed by atoms with Crippen LogP contribution in [0, 0.1) is 13.8 Å². The molecular weight excluding hydrogens is 348 g/mol. The molecule has 0 amide bonds. The Labute approximate surface area is 169 Å². The molecule has 1 aromatic carbocycles. The van der Waals surface area contributed by atoms with Crippen LogP contribution in [0.15, 0.2) is 24.3 Å². The van der Waals surface area contributed by atoms with E-state index in [9.17, 15) is 0 Å². The van der Waals surface area contributed by atoms with Crippen LogP contribution in [0.4, 0.5) is 11.5 Å². The molecule has 6 nitrogen and oxygen atoms in total. The molecule has 3 rings (SSSR count). The van der Waals surface area contributed by atoms with Gasteiger partial charge in [0, 0.05) is 55.2 Å². The van der Waals surface area contributed by atoms with Gasteiger partial charge in [-0.2, -0.15) is 0 Å². The van der Waals surface area contributed by atoms with Crippen molar-refractivity contribution in [1.29, 1.82) is 0 Å². The molecule has 0 aliphatic carbocycles. The minimum atomic E-state index is 0.794. The predicted octanol–water partition coefficient (Wildman–Crippen LogP) is 2.92. The van der Waals surface area contributed by atoms with Crippen molar-refractivity contribution in [3.05, 3.63) is 35.5 Å². The largest absolute Gasteiger partial charge is 0.370 e. The van der Waals surface area contributed by atoms with Gasteiger partial charge in [0.1, 0.15) is 5.82 Å². The number of piperazine rings is 1. The van der Waals surface area contributed by atoms with E-state index in [0.717, 1.165) is 80.7 Å². The number of benzene rings is 1. The summed E-state index contributed by atoms with van der Waals surface area (Å²) in [6.07, 6.45) is 1.07. The Kier molecular flexibility index (Phi) is 7.23. The number of nitrogens with zero attached hydrogens (tertiary/aromatic N) is 4. The van der Waals surface area contributed by atoms with E-state index in [0.29, 0.717) is 0 Å². The Balaban J connectivity index is 1.70. The molecule has 28 heavy (non-hydrogen) atoms. The van der Waals surface area contributed by atoms with Gasteiger partial charge in [0.05, 0.1) is 0 Å². The second-order valence-corrected chi connectivity index (χ2v) is 7.58. The molecule has 2 heterocycles. The fourth-order valence-electron chi connectivity index (χ4n) is 3.41. The Bertz CT molecular complexity index is 750. The van der Waals surface area contributed by atoms with E-state index in [1.54, 1.807) is 0 Å². The molecule has 1 aliphatic rings. The molecule has 1 fully saturated rings. The van der Waals surface area contributed by atoms with E-state index in [1.165, 1.54) is 5.69 Å². The quantitative estimate of drug-likeness (QED) is 0.685. The molecule has 0 spiro atoms. The van der Waals surface area contributed by atoms with Crippen molar-refractivity contribution in [1.82, 2.24) is 20.2 Å². The smallest absolute Gasteiger partial charge is 0.161 e. The lowest BCUT2D eigenvalue weighted by molar-refractivity contribution is 0.313. The molecule has 1 aromatic heterocycles. The van der Waals surface area contributed by atoms with Crippen LogP contribution in [0.25, 0.3) is 11.4 Å². The maximum atomic E-state index is 4.81. The van der Waals surface area contributed by atoms with E-state index in [2.05, 4.69) is 72.5 Å². The molecule has 6 heteroatoms. The minimum Gasteiger partial charge on any atom is -0.370 e. The van der Waals surface area contributed by atoms with Crippen molar-refractivity contribution in [2.45, 2.75) is 27.2 Å². The first-order valence-corrected chi connectivity index (χ1v) is 10.4. The van der Waals surface area contributed by atoms with Crippen molar-refractivity contribution < 1.29 is 0 Å². The first-order valence-electron chi connectivity index (χ1n) is 10.4. The van der Waals surface area contributed by atoms with Crippen LogP contribution in [-0.2, 0) is 0 Å². The highest BCUT2D eigenvalue weighted by molar-refractivity contribution is 5.63. The van der Waals surface area contributed by atoms with E-state index in [-0.39, 0.29) is 0 Å². The summed E-state index contributed by atoms with van der Waals surface area (Å²) in [4.78, 5) is 14.4. The summed E-state index contributed by atoms with van der Waals surface area (Å²) in [6, 6.07) is 8.69. The highest BCUT2D eigenvalue weighted by atomic mass is 15.2. The summed E-state index contributed by atoms with van der Waals surface area (Å²) in [5.74, 6) is 1.74. The maximum Gasteiger partial charge on any atom is 0.161 e. The van der Waals surface area contributed by atoms with E-state index in [4.69, 9.17) is 9.97 Å².